The fourth-order valence-corrected chi connectivity index (χ4v) is 3.79. The molecule has 0 bridgehead atoms. The highest BCUT2D eigenvalue weighted by molar-refractivity contribution is 8.15. The Morgan fingerprint density at radius 3 is 2.38 bits per heavy atom. The summed E-state index contributed by atoms with van der Waals surface area (Å²) in [4.78, 5) is 28.0. The minimum absolute atomic E-state index is 0.166. The first-order chi connectivity index (χ1) is 12.3. The molecule has 0 saturated carbocycles. The van der Waals surface area contributed by atoms with E-state index in [4.69, 9.17) is 5.11 Å². The third kappa shape index (κ3) is 3.48. The quantitative estimate of drug-likeness (QED) is 0.857. The van der Waals surface area contributed by atoms with Crippen LogP contribution in [0.5, 0.6) is 0 Å². The van der Waals surface area contributed by atoms with Gasteiger partial charge in [-0.2, -0.15) is 0 Å². The number of carbonyl (C=O) groups is 2. The van der Waals surface area contributed by atoms with Crippen LogP contribution in [-0.2, 0) is 9.54 Å². The second-order valence-electron chi connectivity index (χ2n) is 6.13. The second kappa shape index (κ2) is 6.92. The number of nitrogens with one attached hydrogen (secondary N) is 1. The van der Waals surface area contributed by atoms with Gasteiger partial charge >= 0.3 is 5.97 Å². The normalized spacial score (nSPS) is 22.3. The van der Waals surface area contributed by atoms with Crippen molar-refractivity contribution in [2.75, 3.05) is 0 Å². The van der Waals surface area contributed by atoms with Gasteiger partial charge in [0.25, 0.3) is 0 Å². The monoisotopic (exact) mass is 372 g/mol. The van der Waals surface area contributed by atoms with Gasteiger partial charge in [0, 0.05) is 0 Å². The van der Waals surface area contributed by atoms with Crippen LogP contribution in [0.15, 0.2) is 53.5 Å². The summed E-state index contributed by atoms with van der Waals surface area (Å²) in [6, 6.07) is 12.1. The van der Waals surface area contributed by atoms with E-state index in [2.05, 4.69) is 10.3 Å². The minimum Gasteiger partial charge on any atom is -0.478 e. The number of halogens is 1. The molecule has 1 aliphatic heterocycles. The Bertz CT molecular complexity index is 881. The van der Waals surface area contributed by atoms with Gasteiger partial charge in [-0.15, -0.1) is 0 Å². The lowest BCUT2D eigenvalue weighted by atomic mass is 9.98. The first kappa shape index (κ1) is 18.1. The molecular formula is C19H17FN2O3S. The molecule has 0 aliphatic carbocycles. The van der Waals surface area contributed by atoms with E-state index in [1.54, 1.807) is 31.2 Å². The average Bonchev–Trinajstić information content (AvgIpc) is 2.90. The standard InChI is InChI=1S/C19H17FN2O3S/c1-11(12-5-9-15(20)10-6-12)21-18-22-17(25)19(2,26-18)14-7-3-13(4-8-14)16(23)24/h3-11H,1-2H3,(H,23,24)(H,21,22,25). The highest BCUT2D eigenvalue weighted by atomic mass is 32.2. The van der Waals surface area contributed by atoms with E-state index in [9.17, 15) is 14.0 Å². The number of amidine groups is 1. The van der Waals surface area contributed by atoms with Crippen LogP contribution >= 0.6 is 11.8 Å². The van der Waals surface area contributed by atoms with Crippen LogP contribution < -0.4 is 5.32 Å². The minimum atomic E-state index is -1.01. The third-order valence-corrected chi connectivity index (χ3v) is 5.53. The van der Waals surface area contributed by atoms with Gasteiger partial charge in [-0.25, -0.2) is 9.18 Å². The number of carbonyl (C=O) groups excluding carboxylic acids is 1. The van der Waals surface area contributed by atoms with Gasteiger partial charge in [0.05, 0.1) is 11.6 Å². The molecular weight excluding hydrogens is 355 g/mol. The van der Waals surface area contributed by atoms with Gasteiger partial charge < -0.3 is 10.4 Å². The van der Waals surface area contributed by atoms with Crippen molar-refractivity contribution in [3.05, 3.63) is 71.0 Å². The van der Waals surface area contributed by atoms with E-state index in [1.165, 1.54) is 36.0 Å². The van der Waals surface area contributed by atoms with Crippen molar-refractivity contribution in [3.8, 4) is 0 Å². The van der Waals surface area contributed by atoms with Crippen LogP contribution in [0.3, 0.4) is 0 Å². The largest absolute Gasteiger partial charge is 0.478 e. The molecule has 7 heteroatoms. The average molecular weight is 372 g/mol. The van der Waals surface area contributed by atoms with Crippen molar-refractivity contribution in [1.82, 2.24) is 5.32 Å². The summed E-state index contributed by atoms with van der Waals surface area (Å²) in [5.74, 6) is -1.54. The summed E-state index contributed by atoms with van der Waals surface area (Å²) in [6.45, 7) is 3.64. The number of benzene rings is 2. The summed E-state index contributed by atoms with van der Waals surface area (Å²) in [7, 11) is 0. The number of aromatic carboxylic acids is 1. The Balaban J connectivity index is 1.82. The summed E-state index contributed by atoms with van der Waals surface area (Å²) in [6.07, 6.45) is 0. The molecule has 26 heavy (non-hydrogen) atoms. The number of hydrogen-bond donors (Lipinski definition) is 2. The molecule has 0 aromatic heterocycles. The lowest BCUT2D eigenvalue weighted by Gasteiger charge is -2.19. The van der Waals surface area contributed by atoms with Gasteiger partial charge in [-0.3, -0.25) is 9.79 Å². The van der Waals surface area contributed by atoms with Gasteiger partial charge in [0.2, 0.25) is 5.91 Å². The number of nitrogens with zero attached hydrogens (tertiary/aromatic N) is 1. The fraction of sp³-hybridized carbons (Fsp3) is 0.211. The molecule has 2 N–H and O–H groups in total. The molecule has 1 fully saturated rings. The molecule has 0 radical (unpaired) electrons. The van der Waals surface area contributed by atoms with E-state index in [0.29, 0.717) is 10.7 Å². The van der Waals surface area contributed by atoms with Crippen molar-refractivity contribution in [1.29, 1.82) is 0 Å². The maximum Gasteiger partial charge on any atom is 0.335 e. The van der Waals surface area contributed by atoms with E-state index >= 15 is 0 Å². The molecule has 1 aliphatic rings. The van der Waals surface area contributed by atoms with Crippen LogP contribution in [0.25, 0.3) is 0 Å². The highest BCUT2D eigenvalue weighted by Crippen LogP contribution is 2.41. The zero-order chi connectivity index (χ0) is 18.9. The molecule has 1 saturated heterocycles. The van der Waals surface area contributed by atoms with Gasteiger partial charge in [-0.05, 0) is 49.2 Å². The van der Waals surface area contributed by atoms with Crippen molar-refractivity contribution in [2.24, 2.45) is 4.99 Å². The Labute approximate surface area is 154 Å². The zero-order valence-electron chi connectivity index (χ0n) is 14.2. The van der Waals surface area contributed by atoms with E-state index in [0.717, 1.165) is 5.56 Å². The van der Waals surface area contributed by atoms with E-state index in [1.807, 2.05) is 6.92 Å². The molecule has 1 heterocycles. The first-order valence-electron chi connectivity index (χ1n) is 7.97. The Kier molecular flexibility index (Phi) is 4.82. The molecule has 2 unspecified atom stereocenters. The summed E-state index contributed by atoms with van der Waals surface area (Å²) in [5.41, 5.74) is 1.71. The molecule has 5 nitrogen and oxygen atoms in total. The van der Waals surface area contributed by atoms with Crippen LogP contribution in [-0.4, -0.2) is 22.2 Å². The summed E-state index contributed by atoms with van der Waals surface area (Å²) < 4.78 is 12.1. The number of rotatable bonds is 4. The molecule has 2 aromatic rings. The summed E-state index contributed by atoms with van der Waals surface area (Å²) in [5, 5.41) is 12.3. The van der Waals surface area contributed by atoms with E-state index < -0.39 is 10.7 Å². The Hall–Kier alpha value is -2.67. The van der Waals surface area contributed by atoms with Gasteiger partial charge in [0.1, 0.15) is 10.6 Å². The molecule has 3 rings (SSSR count). The first-order valence-corrected chi connectivity index (χ1v) is 8.79. The third-order valence-electron chi connectivity index (χ3n) is 4.30. The lowest BCUT2D eigenvalue weighted by molar-refractivity contribution is -0.121. The number of hydrogen-bond acceptors (Lipinski definition) is 4. The Morgan fingerprint density at radius 1 is 1.19 bits per heavy atom. The van der Waals surface area contributed by atoms with Crippen LogP contribution in [0, 0.1) is 5.82 Å². The maximum atomic E-state index is 13.0. The molecule has 1 amide bonds. The maximum absolute atomic E-state index is 13.0. The zero-order valence-corrected chi connectivity index (χ0v) is 15.0. The second-order valence-corrected chi connectivity index (χ2v) is 7.54. The number of amides is 1. The number of carboxylic acids is 1. The van der Waals surface area contributed by atoms with Crippen molar-refractivity contribution < 1.29 is 19.1 Å². The van der Waals surface area contributed by atoms with Gasteiger partial charge in [0.15, 0.2) is 5.17 Å². The van der Waals surface area contributed by atoms with Crippen LogP contribution in [0.1, 0.15) is 41.4 Å². The number of aliphatic imine (C=N–C) groups is 1. The SMILES string of the molecule is CC(N=C1NC(=O)C(C)(c2ccc(C(=O)O)cc2)S1)c1ccc(F)cc1. The predicted octanol–water partition coefficient (Wildman–Crippen LogP) is 3.72. The number of thioether (sulfide) groups is 1. The van der Waals surface area contributed by atoms with Crippen molar-refractivity contribution in [3.63, 3.8) is 0 Å². The Morgan fingerprint density at radius 2 is 1.81 bits per heavy atom. The van der Waals surface area contributed by atoms with Crippen molar-refractivity contribution >= 4 is 28.8 Å². The number of carboxylic acid groups (broad SMARTS) is 1. The molecule has 0 spiro atoms. The highest BCUT2D eigenvalue weighted by Gasteiger charge is 2.44. The predicted molar refractivity (Wildman–Crippen MR) is 98.7 cm³/mol. The molecule has 2 atom stereocenters. The van der Waals surface area contributed by atoms with Crippen LogP contribution in [0.4, 0.5) is 4.39 Å². The van der Waals surface area contributed by atoms with E-state index in [-0.39, 0.29) is 23.3 Å². The molecule has 2 aromatic carbocycles. The van der Waals surface area contributed by atoms with Crippen LogP contribution in [0.2, 0.25) is 0 Å². The lowest BCUT2D eigenvalue weighted by Crippen LogP contribution is -2.31. The van der Waals surface area contributed by atoms with Gasteiger partial charge in [-0.1, -0.05) is 36.0 Å². The molecule has 134 valence electrons. The smallest absolute Gasteiger partial charge is 0.335 e. The summed E-state index contributed by atoms with van der Waals surface area (Å²) >= 11 is 1.28. The topological polar surface area (TPSA) is 78.8 Å². The fourth-order valence-electron chi connectivity index (χ4n) is 2.65. The van der Waals surface area contributed by atoms with Crippen molar-refractivity contribution in [2.45, 2.75) is 24.6 Å².